The molecule has 0 saturated heterocycles. The third-order valence-corrected chi connectivity index (χ3v) is 4.43. The van der Waals surface area contributed by atoms with Gasteiger partial charge in [-0.3, -0.25) is 4.79 Å². The normalized spacial score (nSPS) is 22.2. The summed E-state index contributed by atoms with van der Waals surface area (Å²) < 4.78 is 1.77. The predicted molar refractivity (Wildman–Crippen MR) is 86.9 cm³/mol. The number of hydrogen-bond acceptors (Lipinski definition) is 4. The van der Waals surface area contributed by atoms with Crippen molar-refractivity contribution in [2.75, 3.05) is 18.5 Å². The molecule has 5 heteroatoms. The van der Waals surface area contributed by atoms with Gasteiger partial charge in [0.05, 0.1) is 0 Å². The quantitative estimate of drug-likeness (QED) is 0.871. The van der Waals surface area contributed by atoms with E-state index in [0.29, 0.717) is 17.9 Å². The van der Waals surface area contributed by atoms with E-state index in [0.717, 1.165) is 32.4 Å². The Morgan fingerprint density at radius 1 is 1.33 bits per heavy atom. The lowest BCUT2D eigenvalue weighted by molar-refractivity contribution is 0.340. The third-order valence-electron chi connectivity index (χ3n) is 4.43. The van der Waals surface area contributed by atoms with Gasteiger partial charge in [0, 0.05) is 38.1 Å². The summed E-state index contributed by atoms with van der Waals surface area (Å²) in [6, 6.07) is 1.07. The molecule has 1 saturated carbocycles. The average Bonchev–Trinajstić information content (AvgIpc) is 2.50. The topological polar surface area (TPSA) is 50.2 Å². The second-order valence-corrected chi connectivity index (χ2v) is 5.92. The molecule has 1 N–H and O–H groups in total. The number of aromatic nitrogens is 2. The van der Waals surface area contributed by atoms with E-state index < -0.39 is 0 Å². The summed E-state index contributed by atoms with van der Waals surface area (Å²) >= 11 is 0. The van der Waals surface area contributed by atoms with E-state index in [-0.39, 0.29) is 5.56 Å². The molecule has 1 aliphatic carbocycles. The number of nitrogens with one attached hydrogen (secondary N) is 1. The van der Waals surface area contributed by atoms with Crippen LogP contribution in [0.3, 0.4) is 0 Å². The Kier molecular flexibility index (Phi) is 5.79. The van der Waals surface area contributed by atoms with Crippen molar-refractivity contribution in [2.24, 2.45) is 0 Å². The zero-order valence-electron chi connectivity index (χ0n) is 13.5. The molecule has 1 aliphatic rings. The van der Waals surface area contributed by atoms with Crippen LogP contribution in [0.1, 0.15) is 46.0 Å². The molecule has 1 aromatic heterocycles. The van der Waals surface area contributed by atoms with E-state index in [1.54, 1.807) is 17.0 Å². The molecule has 0 unspecified atom stereocenters. The predicted octanol–water partition coefficient (Wildman–Crippen LogP) is 2.01. The van der Waals surface area contributed by atoms with Gasteiger partial charge in [-0.05, 0) is 38.6 Å². The van der Waals surface area contributed by atoms with Gasteiger partial charge in [-0.25, -0.2) is 4.98 Å². The molecule has 5 nitrogen and oxygen atoms in total. The molecule has 1 fully saturated rings. The fourth-order valence-corrected chi connectivity index (χ4v) is 3.22. The second-order valence-electron chi connectivity index (χ2n) is 5.92. The number of aryl methyl sites for hydroxylation is 1. The van der Waals surface area contributed by atoms with Crippen LogP contribution in [-0.2, 0) is 6.54 Å². The Labute approximate surface area is 127 Å². The Bertz CT molecular complexity index is 491. The molecule has 0 atom stereocenters. The number of hydrogen-bond donors (Lipinski definition) is 1. The standard InChI is InChI=1S/C16H28N4O/c1-4-11-20-12-10-18-15(16(20)21)19(3)14-8-6-13(7-9-14)17-5-2/h10,12-14,17H,4-9,11H2,1-3H3. The van der Waals surface area contributed by atoms with Crippen molar-refractivity contribution in [3.05, 3.63) is 22.7 Å². The van der Waals surface area contributed by atoms with Gasteiger partial charge >= 0.3 is 0 Å². The maximum atomic E-state index is 12.5. The van der Waals surface area contributed by atoms with Crippen molar-refractivity contribution in [3.63, 3.8) is 0 Å². The highest BCUT2D eigenvalue weighted by molar-refractivity contribution is 5.36. The molecule has 0 amide bonds. The molecule has 1 heterocycles. The minimum atomic E-state index is 0.0376. The summed E-state index contributed by atoms with van der Waals surface area (Å²) in [4.78, 5) is 18.9. The zero-order valence-corrected chi connectivity index (χ0v) is 13.5. The van der Waals surface area contributed by atoms with Crippen LogP contribution in [0, 0.1) is 0 Å². The van der Waals surface area contributed by atoms with E-state index in [1.165, 1.54) is 12.8 Å². The number of anilines is 1. The monoisotopic (exact) mass is 292 g/mol. The lowest BCUT2D eigenvalue weighted by atomic mass is 9.90. The SMILES string of the molecule is CCCn1ccnc(N(C)C2CCC(NCC)CC2)c1=O. The maximum Gasteiger partial charge on any atom is 0.293 e. The van der Waals surface area contributed by atoms with Gasteiger partial charge in [-0.1, -0.05) is 13.8 Å². The highest BCUT2D eigenvalue weighted by Crippen LogP contribution is 2.24. The minimum Gasteiger partial charge on any atom is -0.352 e. The average molecular weight is 292 g/mol. The molecule has 1 aromatic rings. The Balaban J connectivity index is 2.05. The van der Waals surface area contributed by atoms with Crippen LogP contribution in [-0.4, -0.2) is 35.2 Å². The van der Waals surface area contributed by atoms with E-state index in [1.807, 2.05) is 7.05 Å². The lowest BCUT2D eigenvalue weighted by Gasteiger charge is -2.35. The summed E-state index contributed by atoms with van der Waals surface area (Å²) in [5, 5.41) is 3.52. The van der Waals surface area contributed by atoms with Gasteiger partial charge in [0.1, 0.15) is 0 Å². The highest BCUT2D eigenvalue weighted by atomic mass is 16.1. The van der Waals surface area contributed by atoms with Crippen molar-refractivity contribution >= 4 is 5.82 Å². The van der Waals surface area contributed by atoms with Gasteiger partial charge in [-0.2, -0.15) is 0 Å². The molecule has 21 heavy (non-hydrogen) atoms. The van der Waals surface area contributed by atoms with Crippen molar-refractivity contribution in [3.8, 4) is 0 Å². The molecule has 0 bridgehead atoms. The Morgan fingerprint density at radius 3 is 2.67 bits per heavy atom. The second kappa shape index (κ2) is 7.59. The summed E-state index contributed by atoms with van der Waals surface area (Å²) in [6.07, 6.45) is 9.09. The minimum absolute atomic E-state index is 0.0376. The zero-order chi connectivity index (χ0) is 15.2. The largest absolute Gasteiger partial charge is 0.352 e. The fourth-order valence-electron chi connectivity index (χ4n) is 3.22. The van der Waals surface area contributed by atoms with Gasteiger partial charge in [0.15, 0.2) is 5.82 Å². The van der Waals surface area contributed by atoms with Crippen LogP contribution in [0.15, 0.2) is 17.2 Å². The smallest absolute Gasteiger partial charge is 0.293 e. The Hall–Kier alpha value is -1.36. The van der Waals surface area contributed by atoms with Crippen molar-refractivity contribution in [2.45, 2.75) is 64.6 Å². The third kappa shape index (κ3) is 3.84. The molecule has 0 spiro atoms. The van der Waals surface area contributed by atoms with Gasteiger partial charge in [-0.15, -0.1) is 0 Å². The van der Waals surface area contributed by atoms with Crippen LogP contribution in [0.2, 0.25) is 0 Å². The maximum absolute atomic E-state index is 12.5. The summed E-state index contributed by atoms with van der Waals surface area (Å²) in [5.74, 6) is 0.595. The molecule has 118 valence electrons. The van der Waals surface area contributed by atoms with E-state index >= 15 is 0 Å². The van der Waals surface area contributed by atoms with E-state index in [2.05, 4.69) is 29.0 Å². The van der Waals surface area contributed by atoms with Crippen LogP contribution in [0.4, 0.5) is 5.82 Å². The lowest BCUT2D eigenvalue weighted by Crippen LogP contribution is -2.43. The van der Waals surface area contributed by atoms with Crippen molar-refractivity contribution < 1.29 is 0 Å². The summed E-state index contributed by atoms with van der Waals surface area (Å²) in [5.41, 5.74) is 0.0376. The number of nitrogens with zero attached hydrogens (tertiary/aromatic N) is 3. The van der Waals surface area contributed by atoms with Gasteiger partial charge in [0.25, 0.3) is 5.56 Å². The van der Waals surface area contributed by atoms with Crippen molar-refractivity contribution in [1.82, 2.24) is 14.9 Å². The first-order valence-electron chi connectivity index (χ1n) is 8.19. The van der Waals surface area contributed by atoms with E-state index in [9.17, 15) is 4.79 Å². The molecule has 0 aliphatic heterocycles. The molecule has 0 aromatic carbocycles. The molecular weight excluding hydrogens is 264 g/mol. The summed E-state index contributed by atoms with van der Waals surface area (Å²) in [7, 11) is 2.01. The summed E-state index contributed by atoms with van der Waals surface area (Å²) in [6.45, 7) is 6.03. The molecule has 2 rings (SSSR count). The van der Waals surface area contributed by atoms with Crippen LogP contribution in [0.5, 0.6) is 0 Å². The first kappa shape index (κ1) is 16.0. The fraction of sp³-hybridized carbons (Fsp3) is 0.750. The highest BCUT2D eigenvalue weighted by Gasteiger charge is 2.25. The van der Waals surface area contributed by atoms with Crippen LogP contribution >= 0.6 is 0 Å². The Morgan fingerprint density at radius 2 is 2.05 bits per heavy atom. The van der Waals surface area contributed by atoms with Crippen LogP contribution in [0.25, 0.3) is 0 Å². The molecular formula is C16H28N4O. The van der Waals surface area contributed by atoms with Gasteiger partial charge < -0.3 is 14.8 Å². The van der Waals surface area contributed by atoms with Crippen molar-refractivity contribution in [1.29, 1.82) is 0 Å². The number of rotatable bonds is 6. The first-order chi connectivity index (χ1) is 10.2. The van der Waals surface area contributed by atoms with E-state index in [4.69, 9.17) is 0 Å². The van der Waals surface area contributed by atoms with Crippen LogP contribution < -0.4 is 15.8 Å². The molecule has 0 radical (unpaired) electrons. The van der Waals surface area contributed by atoms with Gasteiger partial charge in [0.2, 0.25) is 0 Å². The first-order valence-corrected chi connectivity index (χ1v) is 8.19.